The summed E-state index contributed by atoms with van der Waals surface area (Å²) in [5, 5.41) is 19.8. The first-order valence-electron chi connectivity index (χ1n) is 11.0. The van der Waals surface area contributed by atoms with Gasteiger partial charge < -0.3 is 14.2 Å². The number of ether oxygens (including phenoxy) is 3. The number of amides is 1. The van der Waals surface area contributed by atoms with E-state index in [2.05, 4.69) is 30.7 Å². The van der Waals surface area contributed by atoms with Crippen molar-refractivity contribution in [2.24, 2.45) is 0 Å². The van der Waals surface area contributed by atoms with E-state index in [-0.39, 0.29) is 12.6 Å². The molecule has 1 aliphatic rings. The fourth-order valence-corrected chi connectivity index (χ4v) is 3.62. The molecule has 0 saturated carbocycles. The number of piperidine rings is 1. The monoisotopic (exact) mass is 485 g/mol. The van der Waals surface area contributed by atoms with Crippen molar-refractivity contribution in [2.75, 3.05) is 13.7 Å². The first-order chi connectivity index (χ1) is 16.7. The van der Waals surface area contributed by atoms with Crippen LogP contribution in [0, 0.1) is 0 Å². The van der Waals surface area contributed by atoms with E-state index in [4.69, 9.17) is 14.2 Å². The molecule has 0 radical (unpaired) electrons. The van der Waals surface area contributed by atoms with E-state index in [9.17, 15) is 9.59 Å². The fraction of sp³-hybridized carbons (Fsp3) is 0.524. The van der Waals surface area contributed by atoms with E-state index in [0.717, 1.165) is 0 Å². The molecule has 1 saturated heterocycles. The summed E-state index contributed by atoms with van der Waals surface area (Å²) in [6, 6.07) is 2.50. The minimum Gasteiger partial charge on any atom is -0.486 e. The van der Waals surface area contributed by atoms with Crippen LogP contribution < -0.4 is 4.74 Å². The summed E-state index contributed by atoms with van der Waals surface area (Å²) in [4.78, 5) is 32.3. The molecule has 186 valence electrons. The van der Waals surface area contributed by atoms with Gasteiger partial charge in [-0.05, 0) is 49.8 Å². The van der Waals surface area contributed by atoms with Crippen LogP contribution >= 0.6 is 0 Å². The molecule has 14 heteroatoms. The maximum Gasteiger partial charge on any atom is 0.411 e. The molecule has 0 bridgehead atoms. The van der Waals surface area contributed by atoms with Gasteiger partial charge in [-0.25, -0.2) is 14.6 Å². The molecule has 2 atom stereocenters. The molecular formula is C21H27N9O5. The quantitative estimate of drug-likeness (QED) is 0.465. The van der Waals surface area contributed by atoms with Crippen LogP contribution in [0.3, 0.4) is 0 Å². The number of aromatic nitrogens is 8. The fourth-order valence-electron chi connectivity index (χ4n) is 3.62. The first kappa shape index (κ1) is 24.0. The average Bonchev–Trinajstić information content (AvgIpc) is 3.54. The number of hydrogen-bond donors (Lipinski definition) is 0. The first-order valence-corrected chi connectivity index (χ1v) is 11.0. The number of nitrogens with zero attached hydrogens (tertiary/aromatic N) is 9. The number of carbonyl (C=O) groups excluding carboxylic acids is 2. The van der Waals surface area contributed by atoms with Gasteiger partial charge in [-0.3, -0.25) is 4.90 Å². The largest absolute Gasteiger partial charge is 0.486 e. The second-order valence-electron chi connectivity index (χ2n) is 8.94. The topological polar surface area (TPSA) is 152 Å². The Morgan fingerprint density at radius 1 is 1.20 bits per heavy atom. The summed E-state index contributed by atoms with van der Waals surface area (Å²) in [5.41, 5.74) is -0.0602. The third-order valence-corrected chi connectivity index (χ3v) is 5.25. The lowest BCUT2D eigenvalue weighted by Gasteiger charge is -2.37. The van der Waals surface area contributed by atoms with Gasteiger partial charge in [0.1, 0.15) is 36.0 Å². The van der Waals surface area contributed by atoms with Gasteiger partial charge in [-0.1, -0.05) is 0 Å². The molecule has 1 aliphatic heterocycles. The van der Waals surface area contributed by atoms with Gasteiger partial charge in [-0.15, -0.1) is 5.10 Å². The molecule has 3 aromatic heterocycles. The zero-order chi connectivity index (χ0) is 25.0. The number of hydrogen-bond acceptors (Lipinski definition) is 11. The van der Waals surface area contributed by atoms with Crippen LogP contribution in [0.5, 0.6) is 5.75 Å². The molecule has 0 aliphatic carbocycles. The van der Waals surface area contributed by atoms with Crippen molar-refractivity contribution in [3.63, 3.8) is 0 Å². The molecule has 0 spiro atoms. The Kier molecular flexibility index (Phi) is 6.89. The van der Waals surface area contributed by atoms with Gasteiger partial charge in [0.15, 0.2) is 5.82 Å². The standard InChI is InChI=1S/C21H27N9O5/c1-21(2,3)35-20(32)28-8-7-15(9-17(28)19(31)33-4)30-24-10-14(25-30)12-34-16-5-6-18(22-11-16)29-13-23-26-27-29/h5-6,10-11,13,15,17H,7-9,12H2,1-4H3/t15?,17-/m1/s1. The smallest absolute Gasteiger partial charge is 0.411 e. The summed E-state index contributed by atoms with van der Waals surface area (Å²) >= 11 is 0. The van der Waals surface area contributed by atoms with Gasteiger partial charge in [-0.2, -0.15) is 19.7 Å². The highest BCUT2D eigenvalue weighted by Gasteiger charge is 2.40. The number of pyridine rings is 1. The maximum absolute atomic E-state index is 12.6. The van der Waals surface area contributed by atoms with Crippen LogP contribution in [-0.4, -0.2) is 82.4 Å². The number of tetrazole rings is 1. The summed E-state index contributed by atoms with van der Waals surface area (Å²) in [6.45, 7) is 5.83. The van der Waals surface area contributed by atoms with E-state index in [1.54, 1.807) is 50.1 Å². The van der Waals surface area contributed by atoms with Gasteiger partial charge in [0, 0.05) is 13.0 Å². The van der Waals surface area contributed by atoms with Crippen LogP contribution in [0.15, 0.2) is 30.9 Å². The Balaban J connectivity index is 1.37. The highest BCUT2D eigenvalue weighted by Crippen LogP contribution is 2.28. The lowest BCUT2D eigenvalue weighted by molar-refractivity contribution is -0.148. The van der Waals surface area contributed by atoms with Crippen molar-refractivity contribution < 1.29 is 23.8 Å². The molecule has 3 aromatic rings. The van der Waals surface area contributed by atoms with Gasteiger partial charge >= 0.3 is 12.1 Å². The van der Waals surface area contributed by atoms with E-state index >= 15 is 0 Å². The Hall–Kier alpha value is -4.10. The van der Waals surface area contributed by atoms with Gasteiger partial charge in [0.25, 0.3) is 0 Å². The van der Waals surface area contributed by atoms with E-state index in [1.807, 2.05) is 0 Å². The summed E-state index contributed by atoms with van der Waals surface area (Å²) < 4.78 is 17.6. The maximum atomic E-state index is 12.6. The highest BCUT2D eigenvalue weighted by atomic mass is 16.6. The van der Waals surface area contributed by atoms with Crippen LogP contribution in [0.4, 0.5) is 4.79 Å². The van der Waals surface area contributed by atoms with E-state index < -0.39 is 23.7 Å². The van der Waals surface area contributed by atoms with Crippen molar-refractivity contribution in [3.8, 4) is 11.6 Å². The molecule has 1 amide bonds. The van der Waals surface area contributed by atoms with Crippen LogP contribution in [0.2, 0.25) is 0 Å². The zero-order valence-corrected chi connectivity index (χ0v) is 19.9. The predicted octanol–water partition coefficient (Wildman–Crippen LogP) is 1.34. The van der Waals surface area contributed by atoms with Gasteiger partial charge in [0.05, 0.1) is 25.5 Å². The van der Waals surface area contributed by atoms with Crippen LogP contribution in [0.1, 0.15) is 45.3 Å². The summed E-state index contributed by atoms with van der Waals surface area (Å²) in [6.07, 6.45) is 4.94. The van der Waals surface area contributed by atoms with Crippen molar-refractivity contribution >= 4 is 12.1 Å². The number of rotatable bonds is 6. The molecule has 4 heterocycles. The number of carbonyl (C=O) groups is 2. The van der Waals surface area contributed by atoms with Crippen molar-refractivity contribution in [1.29, 1.82) is 0 Å². The Morgan fingerprint density at radius 3 is 2.69 bits per heavy atom. The predicted molar refractivity (Wildman–Crippen MR) is 118 cm³/mol. The van der Waals surface area contributed by atoms with E-state index in [1.165, 1.54) is 23.0 Å². The molecule has 0 N–H and O–H groups in total. The minimum absolute atomic E-state index is 0.184. The number of likely N-dealkylation sites (tertiary alicyclic amines) is 1. The van der Waals surface area contributed by atoms with Crippen LogP contribution in [-0.2, 0) is 20.9 Å². The number of esters is 1. The second-order valence-corrected chi connectivity index (χ2v) is 8.94. The Labute approximate surface area is 201 Å². The zero-order valence-electron chi connectivity index (χ0n) is 19.9. The van der Waals surface area contributed by atoms with Crippen LogP contribution in [0.25, 0.3) is 5.82 Å². The Morgan fingerprint density at radius 2 is 2.03 bits per heavy atom. The molecule has 35 heavy (non-hydrogen) atoms. The third-order valence-electron chi connectivity index (χ3n) is 5.25. The van der Waals surface area contributed by atoms with Crippen molar-refractivity contribution in [1.82, 2.24) is 45.1 Å². The molecule has 4 rings (SSSR count). The molecule has 1 unspecified atom stereocenters. The average molecular weight is 486 g/mol. The second kappa shape index (κ2) is 10.0. The normalized spacial score (nSPS) is 18.2. The third kappa shape index (κ3) is 5.88. The Bertz CT molecular complexity index is 1140. The van der Waals surface area contributed by atoms with E-state index in [0.29, 0.717) is 36.6 Å². The van der Waals surface area contributed by atoms with Crippen molar-refractivity contribution in [3.05, 3.63) is 36.5 Å². The highest BCUT2D eigenvalue weighted by molar-refractivity contribution is 5.81. The van der Waals surface area contributed by atoms with Crippen molar-refractivity contribution in [2.45, 2.75) is 57.9 Å². The minimum atomic E-state index is -0.788. The summed E-state index contributed by atoms with van der Waals surface area (Å²) in [7, 11) is 1.30. The molecule has 1 fully saturated rings. The molecular weight excluding hydrogens is 458 g/mol. The summed E-state index contributed by atoms with van der Waals surface area (Å²) in [5.74, 6) is 0.605. The lowest BCUT2D eigenvalue weighted by atomic mass is 9.98. The number of methoxy groups -OCH3 is 1. The van der Waals surface area contributed by atoms with Gasteiger partial charge in [0.2, 0.25) is 0 Å². The molecule has 14 nitrogen and oxygen atoms in total. The lowest BCUT2D eigenvalue weighted by Crippen LogP contribution is -2.52. The SMILES string of the molecule is COC(=O)[C@H]1CC(n2ncc(COc3ccc(-n4cnnn4)nc3)n2)CCN1C(=O)OC(C)(C)C. The molecule has 0 aromatic carbocycles.